The Kier molecular flexibility index (Phi) is 6.57. The number of carboxylic acid groups (broad SMARTS) is 1. The fraction of sp³-hybridized carbons (Fsp3) is 0.692. The molecule has 0 saturated carbocycles. The number of aliphatic carboxylic acids is 1. The van der Waals surface area contributed by atoms with Crippen LogP contribution >= 0.6 is 11.8 Å². The number of thioether (sulfide) groups is 1. The van der Waals surface area contributed by atoms with Gasteiger partial charge < -0.3 is 15.3 Å². The second kappa shape index (κ2) is 7.95. The zero-order chi connectivity index (χ0) is 14.3. The largest absolute Gasteiger partial charge is 0.481 e. The number of piperidine rings is 1. The van der Waals surface area contributed by atoms with Gasteiger partial charge in [-0.1, -0.05) is 12.8 Å². The molecule has 1 aliphatic heterocycles. The molecule has 19 heavy (non-hydrogen) atoms. The first kappa shape index (κ1) is 15.7. The maximum atomic E-state index is 11.9. The smallest absolute Gasteiger partial charge is 0.317 e. The summed E-state index contributed by atoms with van der Waals surface area (Å²) in [6, 6.07) is -0.181. The monoisotopic (exact) mass is 284 g/mol. The summed E-state index contributed by atoms with van der Waals surface area (Å²) < 4.78 is 0. The number of carboxylic acids is 1. The van der Waals surface area contributed by atoms with E-state index in [1.807, 2.05) is 6.92 Å². The van der Waals surface area contributed by atoms with E-state index in [0.29, 0.717) is 31.8 Å². The highest BCUT2D eigenvalue weighted by molar-refractivity contribution is 7.99. The third-order valence-electron chi connectivity index (χ3n) is 3.00. The number of hydrogen-bond donors (Lipinski definition) is 2. The van der Waals surface area contributed by atoms with Gasteiger partial charge in [-0.2, -0.15) is 0 Å². The molecule has 1 rings (SSSR count). The fourth-order valence-corrected chi connectivity index (χ4v) is 2.68. The highest BCUT2D eigenvalue weighted by Gasteiger charge is 2.31. The van der Waals surface area contributed by atoms with Crippen LogP contribution in [-0.2, 0) is 4.79 Å². The van der Waals surface area contributed by atoms with Crippen LogP contribution in [0.3, 0.4) is 0 Å². The predicted octanol–water partition coefficient (Wildman–Crippen LogP) is 1.10. The van der Waals surface area contributed by atoms with Crippen LogP contribution in [0.2, 0.25) is 0 Å². The summed E-state index contributed by atoms with van der Waals surface area (Å²) >= 11 is 1.58. The summed E-state index contributed by atoms with van der Waals surface area (Å²) in [4.78, 5) is 24.5. The molecule has 0 aromatic heterocycles. The van der Waals surface area contributed by atoms with Crippen molar-refractivity contribution in [2.75, 3.05) is 31.1 Å². The molecule has 1 saturated heterocycles. The van der Waals surface area contributed by atoms with Gasteiger partial charge in [0.2, 0.25) is 0 Å². The molecule has 0 radical (unpaired) electrons. The maximum absolute atomic E-state index is 11.9. The highest BCUT2D eigenvalue weighted by atomic mass is 32.2. The molecule has 0 aromatic rings. The number of nitrogens with zero attached hydrogens (tertiary/aromatic N) is 1. The molecule has 0 bridgehead atoms. The molecular weight excluding hydrogens is 264 g/mol. The molecular formula is C13H20N2O3S. The van der Waals surface area contributed by atoms with Gasteiger partial charge in [-0.25, -0.2) is 4.79 Å². The van der Waals surface area contributed by atoms with E-state index in [-0.39, 0.29) is 11.9 Å². The van der Waals surface area contributed by atoms with Crippen molar-refractivity contribution in [1.29, 1.82) is 0 Å². The third-order valence-corrected chi connectivity index (χ3v) is 3.87. The van der Waals surface area contributed by atoms with Crippen LogP contribution < -0.4 is 5.32 Å². The van der Waals surface area contributed by atoms with Gasteiger partial charge in [-0.3, -0.25) is 4.79 Å². The lowest BCUT2D eigenvalue weighted by molar-refractivity contribution is -0.143. The lowest BCUT2D eigenvalue weighted by atomic mass is 9.91. The standard InChI is InChI=1S/C13H20N2O3S/c1-3-5-19-6-4-14-13(18)15-8-10(2)7-11(9-15)12(16)17/h1,10-11H,4-9H2,2H3,(H,14,18)(H,16,17). The van der Waals surface area contributed by atoms with Crippen molar-refractivity contribution in [1.82, 2.24) is 10.2 Å². The SMILES string of the molecule is C#CCSCCNC(=O)N1CC(C)CC(C(=O)O)C1. The first-order valence-corrected chi connectivity index (χ1v) is 7.46. The van der Waals surface area contributed by atoms with Crippen molar-refractivity contribution in [2.24, 2.45) is 11.8 Å². The van der Waals surface area contributed by atoms with Crippen molar-refractivity contribution in [3.63, 3.8) is 0 Å². The Hall–Kier alpha value is -1.35. The summed E-state index contributed by atoms with van der Waals surface area (Å²) in [5.41, 5.74) is 0. The molecule has 6 heteroatoms. The quantitative estimate of drug-likeness (QED) is 0.586. The van der Waals surface area contributed by atoms with Crippen molar-refractivity contribution in [3.8, 4) is 12.3 Å². The summed E-state index contributed by atoms with van der Waals surface area (Å²) in [5.74, 6) is 2.86. The Labute approximate surface area is 118 Å². The molecule has 2 amide bonds. The molecule has 1 fully saturated rings. The van der Waals surface area contributed by atoms with Gasteiger partial charge in [0, 0.05) is 25.4 Å². The van der Waals surface area contributed by atoms with E-state index in [2.05, 4.69) is 11.2 Å². The van der Waals surface area contributed by atoms with Gasteiger partial charge in [0.25, 0.3) is 0 Å². The first-order chi connectivity index (χ1) is 9.04. The van der Waals surface area contributed by atoms with Gasteiger partial charge in [0.15, 0.2) is 0 Å². The van der Waals surface area contributed by atoms with Crippen molar-refractivity contribution >= 4 is 23.8 Å². The number of amides is 2. The fourth-order valence-electron chi connectivity index (χ4n) is 2.17. The van der Waals surface area contributed by atoms with Gasteiger partial charge in [0.1, 0.15) is 0 Å². The van der Waals surface area contributed by atoms with Crippen molar-refractivity contribution < 1.29 is 14.7 Å². The molecule has 2 N–H and O–H groups in total. The molecule has 2 unspecified atom stereocenters. The number of nitrogens with one attached hydrogen (secondary N) is 1. The number of likely N-dealkylation sites (tertiary alicyclic amines) is 1. The van der Waals surface area contributed by atoms with E-state index >= 15 is 0 Å². The normalized spacial score (nSPS) is 22.6. The Balaban J connectivity index is 2.35. The second-order valence-electron chi connectivity index (χ2n) is 4.77. The molecule has 2 atom stereocenters. The summed E-state index contributed by atoms with van der Waals surface area (Å²) in [6.45, 7) is 3.43. The number of rotatable bonds is 5. The first-order valence-electron chi connectivity index (χ1n) is 6.31. The summed E-state index contributed by atoms with van der Waals surface area (Å²) in [7, 11) is 0. The molecule has 1 aliphatic rings. The third kappa shape index (κ3) is 5.43. The Morgan fingerprint density at radius 3 is 2.89 bits per heavy atom. The number of urea groups is 1. The van der Waals surface area contributed by atoms with Gasteiger partial charge >= 0.3 is 12.0 Å². The molecule has 0 aromatic carbocycles. The van der Waals surface area contributed by atoms with Crippen LogP contribution in [-0.4, -0.2) is 53.1 Å². The van der Waals surface area contributed by atoms with E-state index in [9.17, 15) is 9.59 Å². The number of carbonyl (C=O) groups excluding carboxylic acids is 1. The zero-order valence-corrected chi connectivity index (χ0v) is 11.9. The van der Waals surface area contributed by atoms with Crippen molar-refractivity contribution in [2.45, 2.75) is 13.3 Å². The van der Waals surface area contributed by atoms with E-state index < -0.39 is 11.9 Å². The molecule has 5 nitrogen and oxygen atoms in total. The van der Waals surface area contributed by atoms with Crippen LogP contribution in [0.25, 0.3) is 0 Å². The van der Waals surface area contributed by atoms with Crippen LogP contribution in [0.4, 0.5) is 4.79 Å². The van der Waals surface area contributed by atoms with E-state index in [0.717, 1.165) is 5.75 Å². The van der Waals surface area contributed by atoms with Crippen LogP contribution in [0.1, 0.15) is 13.3 Å². The number of carbonyl (C=O) groups is 2. The zero-order valence-electron chi connectivity index (χ0n) is 11.1. The average Bonchev–Trinajstić information content (AvgIpc) is 2.37. The Morgan fingerprint density at radius 1 is 1.53 bits per heavy atom. The minimum atomic E-state index is -0.825. The van der Waals surface area contributed by atoms with Crippen LogP contribution in [0.15, 0.2) is 0 Å². The maximum Gasteiger partial charge on any atom is 0.317 e. The summed E-state index contributed by atoms with van der Waals surface area (Å²) in [5, 5.41) is 11.8. The topological polar surface area (TPSA) is 69.6 Å². The highest BCUT2D eigenvalue weighted by Crippen LogP contribution is 2.21. The minimum absolute atomic E-state index is 0.181. The second-order valence-corrected chi connectivity index (χ2v) is 5.87. The minimum Gasteiger partial charge on any atom is -0.481 e. The Morgan fingerprint density at radius 2 is 2.26 bits per heavy atom. The summed E-state index contributed by atoms with van der Waals surface area (Å²) in [6.07, 6.45) is 5.76. The predicted molar refractivity (Wildman–Crippen MR) is 76.0 cm³/mol. The lowest BCUT2D eigenvalue weighted by Crippen LogP contribution is -2.49. The molecule has 0 spiro atoms. The van der Waals surface area contributed by atoms with E-state index in [1.54, 1.807) is 16.7 Å². The molecule has 1 heterocycles. The molecule has 0 aliphatic carbocycles. The number of terminal acetylenes is 1. The van der Waals surface area contributed by atoms with Crippen LogP contribution in [0, 0.1) is 24.2 Å². The van der Waals surface area contributed by atoms with Gasteiger partial charge in [-0.05, 0) is 12.3 Å². The lowest BCUT2D eigenvalue weighted by Gasteiger charge is -2.34. The van der Waals surface area contributed by atoms with Crippen LogP contribution in [0.5, 0.6) is 0 Å². The van der Waals surface area contributed by atoms with E-state index in [1.165, 1.54) is 0 Å². The number of hydrogen-bond acceptors (Lipinski definition) is 3. The van der Waals surface area contributed by atoms with Gasteiger partial charge in [0.05, 0.1) is 11.7 Å². The van der Waals surface area contributed by atoms with Gasteiger partial charge in [-0.15, -0.1) is 18.2 Å². The van der Waals surface area contributed by atoms with Crippen molar-refractivity contribution in [3.05, 3.63) is 0 Å². The van der Waals surface area contributed by atoms with E-state index in [4.69, 9.17) is 11.5 Å². The molecule has 106 valence electrons. The average molecular weight is 284 g/mol. The Bertz CT molecular complexity index is 367.